The minimum atomic E-state index is -0.126. The predicted molar refractivity (Wildman–Crippen MR) is 84.1 cm³/mol. The molecule has 110 valence electrons. The van der Waals surface area contributed by atoms with Gasteiger partial charge in [-0.15, -0.1) is 11.3 Å². The molecule has 0 spiro atoms. The van der Waals surface area contributed by atoms with Crippen molar-refractivity contribution in [3.63, 3.8) is 0 Å². The average Bonchev–Trinajstić information content (AvgIpc) is 2.91. The number of aromatic nitrogens is 1. The van der Waals surface area contributed by atoms with Crippen molar-refractivity contribution in [3.05, 3.63) is 51.5 Å². The zero-order chi connectivity index (χ0) is 14.8. The summed E-state index contributed by atoms with van der Waals surface area (Å²) in [5.41, 5.74) is 2.57. The highest BCUT2D eigenvalue weighted by molar-refractivity contribution is 7.11. The van der Waals surface area contributed by atoms with Gasteiger partial charge < -0.3 is 10.2 Å². The first-order valence-corrected chi connectivity index (χ1v) is 7.91. The van der Waals surface area contributed by atoms with Crippen molar-refractivity contribution >= 4 is 17.2 Å². The number of benzene rings is 1. The van der Waals surface area contributed by atoms with Gasteiger partial charge in [0.15, 0.2) is 0 Å². The molecule has 5 heteroatoms. The summed E-state index contributed by atoms with van der Waals surface area (Å²) in [6.07, 6.45) is 2.62. The number of carbonyl (C=O) groups excluding carboxylic acids is 1. The third-order valence-corrected chi connectivity index (χ3v) is 4.72. The SMILES string of the molecule is Cc1ncc(CN(C)C(=O)C2Cc3ccccc3CN2)s1. The Morgan fingerprint density at radius 2 is 2.19 bits per heavy atom. The number of thiazole rings is 1. The van der Waals surface area contributed by atoms with Gasteiger partial charge in [-0.1, -0.05) is 24.3 Å². The predicted octanol–water partition coefficient (Wildman–Crippen LogP) is 2.12. The summed E-state index contributed by atoms with van der Waals surface area (Å²) in [4.78, 5) is 19.7. The molecule has 0 bridgehead atoms. The summed E-state index contributed by atoms with van der Waals surface area (Å²) in [7, 11) is 1.86. The number of rotatable bonds is 3. The molecule has 0 aliphatic carbocycles. The third-order valence-electron chi connectivity index (χ3n) is 3.82. The van der Waals surface area contributed by atoms with E-state index >= 15 is 0 Å². The van der Waals surface area contributed by atoms with E-state index in [0.717, 1.165) is 22.9 Å². The van der Waals surface area contributed by atoms with Gasteiger partial charge in [0.2, 0.25) is 5.91 Å². The summed E-state index contributed by atoms with van der Waals surface area (Å²) in [5, 5.41) is 4.38. The second-order valence-electron chi connectivity index (χ2n) is 5.45. The van der Waals surface area contributed by atoms with E-state index in [1.807, 2.05) is 32.3 Å². The lowest BCUT2D eigenvalue weighted by Crippen LogP contribution is -2.47. The highest BCUT2D eigenvalue weighted by Gasteiger charge is 2.26. The zero-order valence-corrected chi connectivity index (χ0v) is 13.1. The summed E-state index contributed by atoms with van der Waals surface area (Å²) < 4.78 is 0. The maximum absolute atomic E-state index is 12.6. The van der Waals surface area contributed by atoms with Crippen LogP contribution in [0.25, 0.3) is 0 Å². The molecule has 4 nitrogen and oxygen atoms in total. The Morgan fingerprint density at radius 3 is 2.90 bits per heavy atom. The van der Waals surface area contributed by atoms with Crippen LogP contribution in [0, 0.1) is 6.92 Å². The normalized spacial score (nSPS) is 17.3. The largest absolute Gasteiger partial charge is 0.339 e. The molecular weight excluding hydrogens is 282 g/mol. The van der Waals surface area contributed by atoms with E-state index in [4.69, 9.17) is 0 Å². The lowest BCUT2D eigenvalue weighted by molar-refractivity contribution is -0.132. The van der Waals surface area contributed by atoms with E-state index in [0.29, 0.717) is 6.54 Å². The van der Waals surface area contributed by atoms with Gasteiger partial charge in [-0.3, -0.25) is 4.79 Å². The molecule has 1 atom stereocenters. The molecule has 0 fully saturated rings. The number of aryl methyl sites for hydroxylation is 1. The van der Waals surface area contributed by atoms with Crippen LogP contribution in [0.5, 0.6) is 0 Å². The third kappa shape index (κ3) is 3.14. The topological polar surface area (TPSA) is 45.2 Å². The van der Waals surface area contributed by atoms with E-state index in [-0.39, 0.29) is 11.9 Å². The molecule has 2 heterocycles. The van der Waals surface area contributed by atoms with Crippen molar-refractivity contribution in [1.29, 1.82) is 0 Å². The molecule has 1 unspecified atom stereocenters. The van der Waals surface area contributed by atoms with Crippen molar-refractivity contribution in [2.45, 2.75) is 32.5 Å². The number of amides is 1. The molecule has 1 N–H and O–H groups in total. The summed E-state index contributed by atoms with van der Waals surface area (Å²) in [6.45, 7) is 3.37. The van der Waals surface area contributed by atoms with Crippen molar-refractivity contribution in [2.75, 3.05) is 7.05 Å². The van der Waals surface area contributed by atoms with Crippen LogP contribution in [0.15, 0.2) is 30.5 Å². The number of hydrogen-bond acceptors (Lipinski definition) is 4. The van der Waals surface area contributed by atoms with Crippen molar-refractivity contribution in [1.82, 2.24) is 15.2 Å². The number of nitrogens with zero attached hydrogens (tertiary/aromatic N) is 2. The van der Waals surface area contributed by atoms with Gasteiger partial charge in [0.05, 0.1) is 17.6 Å². The Labute approximate surface area is 128 Å². The van der Waals surface area contributed by atoms with Gasteiger partial charge >= 0.3 is 0 Å². The lowest BCUT2D eigenvalue weighted by Gasteiger charge is -2.28. The molecule has 0 radical (unpaired) electrons. The van der Waals surface area contributed by atoms with Crippen LogP contribution in [0.2, 0.25) is 0 Å². The molecule has 0 saturated carbocycles. The average molecular weight is 301 g/mol. The molecule has 0 saturated heterocycles. The maximum atomic E-state index is 12.6. The van der Waals surface area contributed by atoms with Crippen LogP contribution in [0.1, 0.15) is 21.0 Å². The standard InChI is InChI=1S/C16H19N3OS/c1-11-17-9-14(21-11)10-19(2)16(20)15-7-12-5-3-4-6-13(12)8-18-15/h3-6,9,15,18H,7-8,10H2,1-2H3. The molecule has 21 heavy (non-hydrogen) atoms. The van der Waals surface area contributed by atoms with Gasteiger partial charge in [-0.05, 0) is 24.5 Å². The molecule has 1 aliphatic rings. The monoisotopic (exact) mass is 301 g/mol. The van der Waals surface area contributed by atoms with Gasteiger partial charge in [0.25, 0.3) is 0 Å². The van der Waals surface area contributed by atoms with Crippen LogP contribution in [0.4, 0.5) is 0 Å². The van der Waals surface area contributed by atoms with Gasteiger partial charge in [-0.25, -0.2) is 4.98 Å². The van der Waals surface area contributed by atoms with Crippen LogP contribution in [0.3, 0.4) is 0 Å². The first-order chi connectivity index (χ1) is 10.1. The number of nitrogens with one attached hydrogen (secondary N) is 1. The van der Waals surface area contributed by atoms with E-state index < -0.39 is 0 Å². The minimum absolute atomic E-state index is 0.126. The first-order valence-electron chi connectivity index (χ1n) is 7.10. The summed E-state index contributed by atoms with van der Waals surface area (Å²) in [5.74, 6) is 0.149. The van der Waals surface area contributed by atoms with Crippen LogP contribution < -0.4 is 5.32 Å². The first kappa shape index (κ1) is 14.2. The van der Waals surface area contributed by atoms with Crippen LogP contribution in [-0.2, 0) is 24.3 Å². The van der Waals surface area contributed by atoms with Gasteiger partial charge in [-0.2, -0.15) is 0 Å². The smallest absolute Gasteiger partial charge is 0.240 e. The molecule has 1 amide bonds. The molecule has 1 aromatic heterocycles. The Balaban J connectivity index is 1.66. The fourth-order valence-corrected chi connectivity index (χ4v) is 3.53. The van der Waals surface area contributed by atoms with E-state index in [1.165, 1.54) is 11.1 Å². The Hall–Kier alpha value is -1.72. The van der Waals surface area contributed by atoms with E-state index in [1.54, 1.807) is 16.2 Å². The zero-order valence-electron chi connectivity index (χ0n) is 12.3. The van der Waals surface area contributed by atoms with Crippen LogP contribution in [-0.4, -0.2) is 28.9 Å². The van der Waals surface area contributed by atoms with Gasteiger partial charge in [0, 0.05) is 24.7 Å². The lowest BCUT2D eigenvalue weighted by atomic mass is 9.95. The highest BCUT2D eigenvalue weighted by atomic mass is 32.1. The maximum Gasteiger partial charge on any atom is 0.240 e. The number of hydrogen-bond donors (Lipinski definition) is 1. The Kier molecular flexibility index (Phi) is 4.03. The summed E-state index contributed by atoms with van der Waals surface area (Å²) in [6, 6.07) is 8.19. The Morgan fingerprint density at radius 1 is 1.43 bits per heavy atom. The Bertz CT molecular complexity index is 652. The quantitative estimate of drug-likeness (QED) is 0.944. The minimum Gasteiger partial charge on any atom is -0.339 e. The van der Waals surface area contributed by atoms with Crippen molar-refractivity contribution < 1.29 is 4.79 Å². The second-order valence-corrected chi connectivity index (χ2v) is 6.77. The van der Waals surface area contributed by atoms with Crippen molar-refractivity contribution in [2.24, 2.45) is 0 Å². The highest BCUT2D eigenvalue weighted by Crippen LogP contribution is 2.19. The number of likely N-dealkylation sites (N-methyl/N-ethyl adjacent to an activating group) is 1. The second kappa shape index (κ2) is 5.95. The molecule has 1 aromatic carbocycles. The molecule has 3 rings (SSSR count). The van der Waals surface area contributed by atoms with Crippen LogP contribution >= 0.6 is 11.3 Å². The molecule has 1 aliphatic heterocycles. The number of carbonyl (C=O) groups is 1. The van der Waals surface area contributed by atoms with Crippen molar-refractivity contribution in [3.8, 4) is 0 Å². The fraction of sp³-hybridized carbons (Fsp3) is 0.375. The molecule has 2 aromatic rings. The van der Waals surface area contributed by atoms with E-state index in [9.17, 15) is 4.79 Å². The van der Waals surface area contributed by atoms with Gasteiger partial charge in [0.1, 0.15) is 0 Å². The fourth-order valence-electron chi connectivity index (χ4n) is 2.69. The van der Waals surface area contributed by atoms with E-state index in [2.05, 4.69) is 22.4 Å². The summed E-state index contributed by atoms with van der Waals surface area (Å²) >= 11 is 1.64. The molecular formula is C16H19N3OS. The number of fused-ring (bicyclic) bond motifs is 1.